The molecule has 1 fully saturated rings. The summed E-state index contributed by atoms with van der Waals surface area (Å²) in [7, 11) is 1.66. The number of aromatic nitrogens is 1. The van der Waals surface area contributed by atoms with Crippen LogP contribution in [0.1, 0.15) is 16.8 Å². The van der Waals surface area contributed by atoms with E-state index in [0.29, 0.717) is 18.7 Å². The fraction of sp³-hybridized carbons (Fsp3) is 0.455. The number of hydrogen-bond donors (Lipinski definition) is 1. The number of carbonyl (C=O) groups excluding carboxylic acids is 1. The van der Waals surface area contributed by atoms with E-state index < -0.39 is 0 Å². The Labute approximate surface area is 93.5 Å². The van der Waals surface area contributed by atoms with Gasteiger partial charge in [-0.3, -0.25) is 9.59 Å². The molecule has 0 saturated carbocycles. The second-order valence-corrected chi connectivity index (χ2v) is 4.16. The number of nitrogens with two attached hydrogens (primary N) is 1. The molecule has 2 N–H and O–H groups in total. The number of nitrogens with zero attached hydrogens (tertiary/aromatic N) is 2. The molecule has 1 aromatic heterocycles. The molecule has 5 heteroatoms. The van der Waals surface area contributed by atoms with Crippen molar-refractivity contribution >= 4 is 5.91 Å². The van der Waals surface area contributed by atoms with Crippen LogP contribution in [0.25, 0.3) is 0 Å². The highest BCUT2D eigenvalue weighted by Crippen LogP contribution is 2.11. The highest BCUT2D eigenvalue weighted by molar-refractivity contribution is 5.94. The van der Waals surface area contributed by atoms with Crippen LogP contribution in [-0.2, 0) is 7.05 Å². The highest BCUT2D eigenvalue weighted by atomic mass is 16.2. The Hall–Kier alpha value is -1.62. The predicted octanol–water partition coefficient (Wildman–Crippen LogP) is -0.442. The average molecular weight is 221 g/mol. The van der Waals surface area contributed by atoms with Gasteiger partial charge in [0.15, 0.2) is 0 Å². The van der Waals surface area contributed by atoms with Gasteiger partial charge in [0, 0.05) is 44.0 Å². The van der Waals surface area contributed by atoms with Gasteiger partial charge >= 0.3 is 0 Å². The molecule has 0 aliphatic carbocycles. The summed E-state index contributed by atoms with van der Waals surface area (Å²) >= 11 is 0. The zero-order valence-corrected chi connectivity index (χ0v) is 9.22. The second kappa shape index (κ2) is 4.09. The van der Waals surface area contributed by atoms with Crippen molar-refractivity contribution in [3.8, 4) is 0 Å². The van der Waals surface area contributed by atoms with Crippen LogP contribution in [0.2, 0.25) is 0 Å². The van der Waals surface area contributed by atoms with Crippen molar-refractivity contribution in [2.45, 2.75) is 12.5 Å². The van der Waals surface area contributed by atoms with E-state index in [2.05, 4.69) is 0 Å². The van der Waals surface area contributed by atoms with Crippen molar-refractivity contribution in [2.75, 3.05) is 13.1 Å². The molecule has 1 aromatic rings. The maximum atomic E-state index is 12.0. The van der Waals surface area contributed by atoms with Crippen molar-refractivity contribution < 1.29 is 4.79 Å². The van der Waals surface area contributed by atoms with E-state index >= 15 is 0 Å². The maximum absolute atomic E-state index is 12.0. The van der Waals surface area contributed by atoms with E-state index in [0.717, 1.165) is 6.42 Å². The lowest BCUT2D eigenvalue weighted by molar-refractivity contribution is 0.0790. The molecule has 0 radical (unpaired) electrons. The first-order valence-electron chi connectivity index (χ1n) is 5.29. The van der Waals surface area contributed by atoms with Crippen LogP contribution in [-0.4, -0.2) is 34.5 Å². The Morgan fingerprint density at radius 3 is 2.88 bits per heavy atom. The summed E-state index contributed by atoms with van der Waals surface area (Å²) in [6.45, 7) is 1.25. The lowest BCUT2D eigenvalue weighted by Gasteiger charge is -2.15. The number of hydrogen-bond acceptors (Lipinski definition) is 3. The molecule has 86 valence electrons. The fourth-order valence-electron chi connectivity index (χ4n) is 1.84. The molecule has 2 rings (SSSR count). The molecule has 1 aliphatic heterocycles. The predicted molar refractivity (Wildman–Crippen MR) is 60.2 cm³/mol. The second-order valence-electron chi connectivity index (χ2n) is 4.16. The topological polar surface area (TPSA) is 68.3 Å². The Morgan fingerprint density at radius 2 is 2.31 bits per heavy atom. The smallest absolute Gasteiger partial charge is 0.254 e. The summed E-state index contributed by atoms with van der Waals surface area (Å²) in [5, 5.41) is 0. The van der Waals surface area contributed by atoms with Gasteiger partial charge in [0.05, 0.1) is 0 Å². The number of aryl methyl sites for hydroxylation is 1. The molecular weight excluding hydrogens is 206 g/mol. The molecule has 2 heterocycles. The van der Waals surface area contributed by atoms with Crippen molar-refractivity contribution in [3.05, 3.63) is 34.2 Å². The van der Waals surface area contributed by atoms with Crippen LogP contribution in [0, 0.1) is 0 Å². The normalized spacial score (nSPS) is 20.1. The third-order valence-corrected chi connectivity index (χ3v) is 2.86. The Kier molecular flexibility index (Phi) is 2.78. The van der Waals surface area contributed by atoms with E-state index in [1.165, 1.54) is 10.6 Å². The third-order valence-electron chi connectivity index (χ3n) is 2.86. The number of rotatable bonds is 1. The first-order chi connectivity index (χ1) is 7.58. The fourth-order valence-corrected chi connectivity index (χ4v) is 1.84. The Bertz CT molecular complexity index is 467. The van der Waals surface area contributed by atoms with Crippen molar-refractivity contribution in [1.82, 2.24) is 9.47 Å². The Morgan fingerprint density at radius 1 is 1.56 bits per heavy atom. The van der Waals surface area contributed by atoms with E-state index in [4.69, 9.17) is 5.73 Å². The van der Waals surface area contributed by atoms with Crippen LogP contribution < -0.4 is 11.3 Å². The highest BCUT2D eigenvalue weighted by Gasteiger charge is 2.24. The van der Waals surface area contributed by atoms with Gasteiger partial charge in [-0.25, -0.2) is 0 Å². The SMILES string of the molecule is Cn1ccc(C(=O)N2CC[C@@H](N)C2)cc1=O. The van der Waals surface area contributed by atoms with E-state index in [-0.39, 0.29) is 17.5 Å². The number of pyridine rings is 1. The molecule has 1 atom stereocenters. The van der Waals surface area contributed by atoms with Crippen LogP contribution >= 0.6 is 0 Å². The first kappa shape index (κ1) is 10.9. The summed E-state index contributed by atoms with van der Waals surface area (Å²) < 4.78 is 1.44. The molecule has 0 spiro atoms. The van der Waals surface area contributed by atoms with Crippen molar-refractivity contribution in [1.29, 1.82) is 0 Å². The standard InChI is InChI=1S/C11H15N3O2/c1-13-4-2-8(6-10(13)15)11(16)14-5-3-9(12)7-14/h2,4,6,9H,3,5,7,12H2,1H3/t9-/m1/s1. The molecule has 1 amide bonds. The zero-order valence-electron chi connectivity index (χ0n) is 9.22. The minimum Gasteiger partial charge on any atom is -0.337 e. The van der Waals surface area contributed by atoms with Crippen molar-refractivity contribution in [3.63, 3.8) is 0 Å². The molecule has 5 nitrogen and oxygen atoms in total. The molecule has 1 aliphatic rings. The summed E-state index contributed by atoms with van der Waals surface area (Å²) in [6, 6.07) is 3.09. The summed E-state index contributed by atoms with van der Waals surface area (Å²) in [4.78, 5) is 25.1. The van der Waals surface area contributed by atoms with Crippen LogP contribution in [0.3, 0.4) is 0 Å². The van der Waals surface area contributed by atoms with Crippen LogP contribution in [0.4, 0.5) is 0 Å². The van der Waals surface area contributed by atoms with Gasteiger partial charge in [-0.15, -0.1) is 0 Å². The van der Waals surface area contributed by atoms with Crippen molar-refractivity contribution in [2.24, 2.45) is 12.8 Å². The monoisotopic (exact) mass is 221 g/mol. The van der Waals surface area contributed by atoms with Gasteiger partial charge in [0.1, 0.15) is 0 Å². The van der Waals surface area contributed by atoms with E-state index in [1.807, 2.05) is 0 Å². The number of amides is 1. The molecule has 0 aromatic carbocycles. The minimum absolute atomic E-state index is 0.0653. The van der Waals surface area contributed by atoms with Gasteiger partial charge in [0.2, 0.25) is 0 Å². The molecule has 0 unspecified atom stereocenters. The third kappa shape index (κ3) is 1.99. The number of carbonyl (C=O) groups is 1. The van der Waals surface area contributed by atoms with Gasteiger partial charge in [-0.05, 0) is 12.5 Å². The molecule has 16 heavy (non-hydrogen) atoms. The lowest BCUT2D eigenvalue weighted by Crippen LogP contribution is -2.32. The molecule has 1 saturated heterocycles. The average Bonchev–Trinajstić information content (AvgIpc) is 2.68. The summed E-state index contributed by atoms with van der Waals surface area (Å²) in [5.74, 6) is -0.106. The van der Waals surface area contributed by atoms with Gasteiger partial charge in [-0.1, -0.05) is 0 Å². The lowest BCUT2D eigenvalue weighted by atomic mass is 10.2. The van der Waals surface area contributed by atoms with Crippen LogP contribution in [0.15, 0.2) is 23.1 Å². The van der Waals surface area contributed by atoms with E-state index in [9.17, 15) is 9.59 Å². The zero-order chi connectivity index (χ0) is 11.7. The minimum atomic E-state index is -0.172. The maximum Gasteiger partial charge on any atom is 0.254 e. The van der Waals surface area contributed by atoms with Gasteiger partial charge in [-0.2, -0.15) is 0 Å². The molecular formula is C11H15N3O2. The first-order valence-corrected chi connectivity index (χ1v) is 5.29. The largest absolute Gasteiger partial charge is 0.337 e. The summed E-state index contributed by atoms with van der Waals surface area (Å²) in [5.41, 5.74) is 6.01. The van der Waals surface area contributed by atoms with Crippen LogP contribution in [0.5, 0.6) is 0 Å². The Balaban J connectivity index is 2.21. The van der Waals surface area contributed by atoms with E-state index in [1.54, 1.807) is 24.2 Å². The van der Waals surface area contributed by atoms with Gasteiger partial charge in [0.25, 0.3) is 11.5 Å². The number of likely N-dealkylation sites (tertiary alicyclic amines) is 1. The summed E-state index contributed by atoms with van der Waals surface area (Å²) in [6.07, 6.45) is 2.43. The quantitative estimate of drug-likeness (QED) is 0.699. The molecule has 0 bridgehead atoms. The van der Waals surface area contributed by atoms with Gasteiger partial charge < -0.3 is 15.2 Å².